The monoisotopic (exact) mass is 315 g/mol. The van der Waals surface area contributed by atoms with Gasteiger partial charge in [0.15, 0.2) is 0 Å². The molecule has 1 atom stereocenters. The van der Waals surface area contributed by atoms with Gasteiger partial charge in [-0.05, 0) is 56.2 Å². The zero-order valence-electron chi connectivity index (χ0n) is 12.8. The summed E-state index contributed by atoms with van der Waals surface area (Å²) in [7, 11) is 0. The second-order valence-corrected chi connectivity index (χ2v) is 6.08. The van der Waals surface area contributed by atoms with Crippen molar-refractivity contribution >= 4 is 0 Å². The van der Waals surface area contributed by atoms with E-state index >= 15 is 0 Å². The molecule has 1 aliphatic rings. The second-order valence-electron chi connectivity index (χ2n) is 6.08. The van der Waals surface area contributed by atoms with Crippen molar-refractivity contribution in [2.24, 2.45) is 5.92 Å². The van der Waals surface area contributed by atoms with Crippen LogP contribution in [0.3, 0.4) is 0 Å². The number of benzene rings is 1. The summed E-state index contributed by atoms with van der Waals surface area (Å²) >= 11 is 0. The lowest BCUT2D eigenvalue weighted by atomic mass is 9.90. The quantitative estimate of drug-likeness (QED) is 0.864. The molecule has 124 valence electrons. The van der Waals surface area contributed by atoms with Crippen LogP contribution in [0.1, 0.15) is 36.8 Å². The molecule has 1 N–H and O–H groups in total. The average molecular weight is 315 g/mol. The van der Waals surface area contributed by atoms with E-state index in [0.717, 1.165) is 45.3 Å². The molecule has 0 spiro atoms. The third-order valence-electron chi connectivity index (χ3n) is 4.38. The van der Waals surface area contributed by atoms with Crippen molar-refractivity contribution in [3.8, 4) is 0 Å². The van der Waals surface area contributed by atoms with Gasteiger partial charge in [-0.3, -0.25) is 0 Å². The summed E-state index contributed by atoms with van der Waals surface area (Å²) in [6, 6.07) is 5.89. The van der Waals surface area contributed by atoms with Gasteiger partial charge in [-0.25, -0.2) is 0 Å². The molecule has 1 unspecified atom stereocenters. The van der Waals surface area contributed by atoms with Gasteiger partial charge in [0.25, 0.3) is 0 Å². The van der Waals surface area contributed by atoms with E-state index in [2.05, 4.69) is 4.90 Å². The van der Waals surface area contributed by atoms with Crippen LogP contribution in [0.15, 0.2) is 24.3 Å². The molecule has 0 saturated carbocycles. The molecule has 0 aromatic heterocycles. The summed E-state index contributed by atoms with van der Waals surface area (Å²) in [5.74, 6) is 0.453. The number of aryl methyl sites for hydroxylation is 1. The first-order valence-corrected chi connectivity index (χ1v) is 7.99. The van der Waals surface area contributed by atoms with Crippen LogP contribution in [-0.2, 0) is 12.6 Å². The van der Waals surface area contributed by atoms with E-state index in [1.807, 2.05) is 0 Å². The number of piperidine rings is 1. The van der Waals surface area contributed by atoms with Gasteiger partial charge in [0.05, 0.1) is 5.56 Å². The highest BCUT2D eigenvalue weighted by atomic mass is 19.4. The number of likely N-dealkylation sites (tertiary alicyclic amines) is 1. The summed E-state index contributed by atoms with van der Waals surface area (Å²) in [6.45, 7) is 3.05. The maximum atomic E-state index is 13.0. The van der Waals surface area contributed by atoms with Crippen LogP contribution >= 0.6 is 0 Å². The first kappa shape index (κ1) is 17.3. The fourth-order valence-corrected chi connectivity index (χ4v) is 3.26. The summed E-state index contributed by atoms with van der Waals surface area (Å²) < 4.78 is 39.0. The number of aliphatic hydroxyl groups is 1. The summed E-state index contributed by atoms with van der Waals surface area (Å²) in [4.78, 5) is 2.32. The lowest BCUT2D eigenvalue weighted by Crippen LogP contribution is -2.36. The van der Waals surface area contributed by atoms with E-state index in [1.165, 1.54) is 12.1 Å². The number of rotatable bonds is 6. The maximum Gasteiger partial charge on any atom is 0.416 e. The third-order valence-corrected chi connectivity index (χ3v) is 4.38. The normalized spacial score (nSPS) is 20.3. The summed E-state index contributed by atoms with van der Waals surface area (Å²) in [6.07, 6.45) is -0.0440. The molecule has 0 amide bonds. The van der Waals surface area contributed by atoms with Crippen LogP contribution in [-0.4, -0.2) is 36.2 Å². The van der Waals surface area contributed by atoms with E-state index in [9.17, 15) is 13.2 Å². The maximum absolute atomic E-state index is 13.0. The molecular weight excluding hydrogens is 291 g/mol. The van der Waals surface area contributed by atoms with E-state index in [4.69, 9.17) is 5.11 Å². The highest BCUT2D eigenvalue weighted by molar-refractivity contribution is 5.29. The molecule has 1 saturated heterocycles. The topological polar surface area (TPSA) is 23.5 Å². The number of alkyl halides is 3. The Morgan fingerprint density at radius 2 is 2.00 bits per heavy atom. The van der Waals surface area contributed by atoms with Crippen LogP contribution in [0.25, 0.3) is 0 Å². The van der Waals surface area contributed by atoms with Crippen LogP contribution in [0.2, 0.25) is 0 Å². The second kappa shape index (κ2) is 7.97. The van der Waals surface area contributed by atoms with E-state index < -0.39 is 11.7 Å². The van der Waals surface area contributed by atoms with E-state index in [1.54, 1.807) is 12.1 Å². The smallest absolute Gasteiger partial charge is 0.396 e. The highest BCUT2D eigenvalue weighted by Gasteiger charge is 2.33. The standard InChI is InChI=1S/C17H24F3NO/c18-17(19,20)16-7-2-1-6-15(16)9-8-14-5-3-10-21(13-14)11-4-12-22/h1-2,6-7,14,22H,3-5,8-13H2. The van der Waals surface area contributed by atoms with Crippen LogP contribution in [0.5, 0.6) is 0 Å². The van der Waals surface area contributed by atoms with Crippen molar-refractivity contribution in [3.63, 3.8) is 0 Å². The zero-order valence-corrected chi connectivity index (χ0v) is 12.8. The van der Waals surface area contributed by atoms with E-state index in [-0.39, 0.29) is 6.61 Å². The fourth-order valence-electron chi connectivity index (χ4n) is 3.26. The Balaban J connectivity index is 1.90. The molecule has 0 bridgehead atoms. The number of nitrogens with zero attached hydrogens (tertiary/aromatic N) is 1. The van der Waals surface area contributed by atoms with Gasteiger partial charge in [0.2, 0.25) is 0 Å². The van der Waals surface area contributed by atoms with Gasteiger partial charge in [0, 0.05) is 19.7 Å². The number of hydrogen-bond acceptors (Lipinski definition) is 2. The molecule has 2 rings (SSSR count). The van der Waals surface area contributed by atoms with Gasteiger partial charge >= 0.3 is 6.18 Å². The molecule has 1 aromatic rings. The van der Waals surface area contributed by atoms with Crippen molar-refractivity contribution in [1.82, 2.24) is 4.90 Å². The predicted octanol–water partition coefficient (Wildman–Crippen LogP) is 3.73. The highest BCUT2D eigenvalue weighted by Crippen LogP contribution is 2.33. The number of hydrogen-bond donors (Lipinski definition) is 1. The Bertz CT molecular complexity index is 461. The van der Waals surface area contributed by atoms with Crippen molar-refractivity contribution in [3.05, 3.63) is 35.4 Å². The largest absolute Gasteiger partial charge is 0.416 e. The molecule has 0 aliphatic carbocycles. The molecule has 1 heterocycles. The first-order chi connectivity index (χ1) is 10.5. The Morgan fingerprint density at radius 1 is 1.23 bits per heavy atom. The molecule has 2 nitrogen and oxygen atoms in total. The van der Waals surface area contributed by atoms with Gasteiger partial charge < -0.3 is 10.0 Å². The fraction of sp³-hybridized carbons (Fsp3) is 0.647. The number of halogens is 3. The summed E-state index contributed by atoms with van der Waals surface area (Å²) in [5.41, 5.74) is -0.0922. The molecule has 22 heavy (non-hydrogen) atoms. The Labute approximate surface area is 129 Å². The van der Waals surface area contributed by atoms with Crippen molar-refractivity contribution in [2.45, 2.75) is 38.3 Å². The van der Waals surface area contributed by atoms with Crippen molar-refractivity contribution in [1.29, 1.82) is 0 Å². The van der Waals surface area contributed by atoms with E-state index in [0.29, 0.717) is 17.9 Å². The first-order valence-electron chi connectivity index (χ1n) is 7.99. The van der Waals surface area contributed by atoms with Crippen molar-refractivity contribution in [2.75, 3.05) is 26.2 Å². The van der Waals surface area contributed by atoms with Gasteiger partial charge in [-0.1, -0.05) is 18.2 Å². The minimum absolute atomic E-state index is 0.195. The Kier molecular flexibility index (Phi) is 6.26. The molecule has 1 fully saturated rings. The molecular formula is C17H24F3NO. The number of aliphatic hydroxyl groups excluding tert-OH is 1. The predicted molar refractivity (Wildman–Crippen MR) is 80.6 cm³/mol. The summed E-state index contributed by atoms with van der Waals surface area (Å²) in [5, 5.41) is 8.89. The Hall–Kier alpha value is -1.07. The van der Waals surface area contributed by atoms with Crippen molar-refractivity contribution < 1.29 is 18.3 Å². The minimum atomic E-state index is -4.27. The van der Waals surface area contributed by atoms with Gasteiger partial charge in [-0.15, -0.1) is 0 Å². The van der Waals surface area contributed by atoms with Crippen LogP contribution in [0.4, 0.5) is 13.2 Å². The zero-order chi connectivity index (χ0) is 16.0. The SMILES string of the molecule is OCCCN1CCCC(CCc2ccccc2C(F)(F)F)C1. The minimum Gasteiger partial charge on any atom is -0.396 e. The third kappa shape index (κ3) is 4.99. The van der Waals surface area contributed by atoms with Crippen LogP contribution in [0, 0.1) is 5.92 Å². The lowest BCUT2D eigenvalue weighted by Gasteiger charge is -2.32. The molecule has 1 aliphatic heterocycles. The Morgan fingerprint density at radius 3 is 2.73 bits per heavy atom. The molecule has 0 radical (unpaired) electrons. The molecule has 5 heteroatoms. The average Bonchev–Trinajstić information content (AvgIpc) is 2.51. The van der Waals surface area contributed by atoms with Gasteiger partial charge in [0.1, 0.15) is 0 Å². The lowest BCUT2D eigenvalue weighted by molar-refractivity contribution is -0.138. The molecule has 1 aromatic carbocycles. The van der Waals surface area contributed by atoms with Crippen LogP contribution < -0.4 is 0 Å². The van der Waals surface area contributed by atoms with Gasteiger partial charge in [-0.2, -0.15) is 13.2 Å².